The topological polar surface area (TPSA) is 139 Å². The van der Waals surface area contributed by atoms with E-state index in [1.165, 1.54) is 30.6 Å². The molecule has 2 aromatic rings. The number of rotatable bonds is 11. The van der Waals surface area contributed by atoms with E-state index in [4.69, 9.17) is 13.9 Å². The predicted octanol–water partition coefficient (Wildman–Crippen LogP) is 1.72. The second-order valence-corrected chi connectivity index (χ2v) is 8.88. The lowest BCUT2D eigenvalue weighted by Gasteiger charge is -2.40. The number of furan rings is 1. The van der Waals surface area contributed by atoms with Crippen LogP contribution in [0.1, 0.15) is 40.2 Å². The second-order valence-electron chi connectivity index (χ2n) is 8.88. The quantitative estimate of drug-likeness (QED) is 0.307. The first-order valence-electron chi connectivity index (χ1n) is 12.0. The molecule has 1 aromatic heterocycles. The number of hydrogen-bond acceptors (Lipinski definition) is 8. The summed E-state index contributed by atoms with van der Waals surface area (Å²) >= 11 is 0. The number of ether oxygens (including phenoxy) is 2. The van der Waals surface area contributed by atoms with Gasteiger partial charge in [-0.05, 0) is 30.7 Å². The fraction of sp³-hybridized carbons (Fsp3) is 0.370. The van der Waals surface area contributed by atoms with Gasteiger partial charge in [-0.1, -0.05) is 6.08 Å². The van der Waals surface area contributed by atoms with Gasteiger partial charge in [-0.2, -0.15) is 0 Å². The van der Waals surface area contributed by atoms with Crippen molar-refractivity contribution in [3.05, 3.63) is 71.7 Å². The molecule has 0 saturated carbocycles. The molecule has 196 valence electrons. The zero-order valence-corrected chi connectivity index (χ0v) is 20.5. The molecule has 10 heteroatoms. The molecule has 4 atom stereocenters. The molecule has 1 aliphatic carbocycles. The van der Waals surface area contributed by atoms with Gasteiger partial charge in [0, 0.05) is 41.8 Å². The first-order valence-corrected chi connectivity index (χ1v) is 12.0. The fourth-order valence-electron chi connectivity index (χ4n) is 4.87. The Morgan fingerprint density at radius 1 is 1.32 bits per heavy atom. The molecule has 2 heterocycles. The highest BCUT2D eigenvalue weighted by molar-refractivity contribution is 5.96. The van der Waals surface area contributed by atoms with Crippen LogP contribution in [0.3, 0.4) is 0 Å². The highest BCUT2D eigenvalue weighted by Crippen LogP contribution is 2.51. The Bertz CT molecular complexity index is 1190. The molecule has 10 nitrogen and oxygen atoms in total. The second kappa shape index (κ2) is 11.4. The van der Waals surface area contributed by atoms with E-state index in [9.17, 15) is 24.6 Å². The monoisotopic (exact) mass is 510 g/mol. The summed E-state index contributed by atoms with van der Waals surface area (Å²) in [4.78, 5) is 39.7. The summed E-state index contributed by atoms with van der Waals surface area (Å²) in [6.07, 6.45) is 5.34. The molecule has 1 aromatic carbocycles. The first kappa shape index (κ1) is 26.2. The summed E-state index contributed by atoms with van der Waals surface area (Å²) in [6.45, 7) is 3.57. The number of aliphatic hydroxyl groups is 2. The number of nitrogens with zero attached hydrogens (tertiary/aromatic N) is 1. The minimum atomic E-state index is -1.21. The van der Waals surface area contributed by atoms with Gasteiger partial charge in [0.15, 0.2) is 11.5 Å². The Hall–Kier alpha value is -3.89. The fourth-order valence-corrected chi connectivity index (χ4v) is 4.87. The third kappa shape index (κ3) is 5.16. The standard InChI is InChI=1S/C27H30N2O8/c1-3-4-5-22(32)29(13-16-6-9-36-15-16)20-12-19(27(34)28-7-8-30)23-18-10-17(14-31)11-21(35-2)25(18)37-26(23)24(20)33/h3,6,9-12,14-15,20,23-24,26,30,33H,1,4-5,7-8,13H2,2H3,(H,28,34)/t20-,23+,24+,26+/m1/s1. The van der Waals surface area contributed by atoms with E-state index in [-0.39, 0.29) is 37.6 Å². The molecule has 3 N–H and O–H groups in total. The van der Waals surface area contributed by atoms with Gasteiger partial charge in [-0.25, -0.2) is 0 Å². The highest BCUT2D eigenvalue weighted by Gasteiger charge is 2.51. The van der Waals surface area contributed by atoms with Crippen LogP contribution in [0.25, 0.3) is 0 Å². The maximum atomic E-state index is 13.3. The number of amides is 2. The van der Waals surface area contributed by atoms with Crippen molar-refractivity contribution in [3.8, 4) is 11.5 Å². The lowest BCUT2D eigenvalue weighted by Crippen LogP contribution is -2.55. The molecule has 0 spiro atoms. The summed E-state index contributed by atoms with van der Waals surface area (Å²) in [5.41, 5.74) is 1.82. The Kier molecular flexibility index (Phi) is 8.10. The van der Waals surface area contributed by atoms with Crippen LogP contribution in [-0.4, -0.2) is 71.7 Å². The number of allylic oxidation sites excluding steroid dienone is 1. The number of fused-ring (bicyclic) bond motifs is 3. The number of nitrogens with one attached hydrogen (secondary N) is 1. The van der Waals surface area contributed by atoms with Crippen molar-refractivity contribution in [1.29, 1.82) is 0 Å². The van der Waals surface area contributed by atoms with Crippen LogP contribution in [0.4, 0.5) is 0 Å². The van der Waals surface area contributed by atoms with Crippen molar-refractivity contribution in [2.45, 2.75) is 43.6 Å². The van der Waals surface area contributed by atoms with Gasteiger partial charge in [0.2, 0.25) is 11.8 Å². The minimum absolute atomic E-state index is 0.0171. The molecule has 0 fully saturated rings. The average Bonchev–Trinajstić information content (AvgIpc) is 3.57. The Labute approximate surface area is 214 Å². The van der Waals surface area contributed by atoms with Crippen LogP contribution in [0.15, 0.2) is 59.4 Å². The van der Waals surface area contributed by atoms with E-state index >= 15 is 0 Å². The Morgan fingerprint density at radius 3 is 2.78 bits per heavy atom. The van der Waals surface area contributed by atoms with Crippen LogP contribution in [0.2, 0.25) is 0 Å². The molecule has 4 rings (SSSR count). The van der Waals surface area contributed by atoms with Gasteiger partial charge in [0.1, 0.15) is 18.5 Å². The number of methoxy groups -OCH3 is 1. The molecule has 37 heavy (non-hydrogen) atoms. The minimum Gasteiger partial charge on any atom is -0.493 e. The molecule has 0 bridgehead atoms. The van der Waals surface area contributed by atoms with Crippen molar-refractivity contribution in [2.75, 3.05) is 20.3 Å². The summed E-state index contributed by atoms with van der Waals surface area (Å²) in [6, 6.07) is 3.94. The van der Waals surface area contributed by atoms with Gasteiger partial charge in [-0.3, -0.25) is 14.4 Å². The van der Waals surface area contributed by atoms with Crippen molar-refractivity contribution in [3.63, 3.8) is 0 Å². The zero-order chi connectivity index (χ0) is 26.5. The largest absolute Gasteiger partial charge is 0.493 e. The van der Waals surface area contributed by atoms with E-state index in [0.29, 0.717) is 40.9 Å². The van der Waals surface area contributed by atoms with E-state index in [0.717, 1.165) is 0 Å². The number of carbonyl (C=O) groups is 3. The SMILES string of the molecule is C=CCCC(=O)N(Cc1ccoc1)[C@@H]1C=C(C(=O)NCCO)[C@@H]2c3cc(C=O)cc(OC)c3O[C@@H]2[C@H]1O. The van der Waals surface area contributed by atoms with Crippen LogP contribution in [0, 0.1) is 0 Å². The van der Waals surface area contributed by atoms with Crippen LogP contribution < -0.4 is 14.8 Å². The van der Waals surface area contributed by atoms with E-state index in [2.05, 4.69) is 11.9 Å². The van der Waals surface area contributed by atoms with Crippen molar-refractivity contribution in [2.24, 2.45) is 0 Å². The molecule has 2 amide bonds. The molecule has 1 aliphatic heterocycles. The maximum absolute atomic E-state index is 13.3. The number of aliphatic hydroxyl groups excluding tert-OH is 2. The van der Waals surface area contributed by atoms with Crippen molar-refractivity contribution in [1.82, 2.24) is 10.2 Å². The molecular weight excluding hydrogens is 480 g/mol. The van der Waals surface area contributed by atoms with Gasteiger partial charge in [0.05, 0.1) is 38.2 Å². The summed E-state index contributed by atoms with van der Waals surface area (Å²) in [5.74, 6) is -0.832. The van der Waals surface area contributed by atoms with E-state index < -0.39 is 30.1 Å². The highest BCUT2D eigenvalue weighted by atomic mass is 16.5. The third-order valence-corrected chi connectivity index (χ3v) is 6.59. The van der Waals surface area contributed by atoms with Gasteiger partial charge >= 0.3 is 0 Å². The molecule has 2 aliphatic rings. The Balaban J connectivity index is 1.81. The smallest absolute Gasteiger partial charge is 0.247 e. The maximum Gasteiger partial charge on any atom is 0.247 e. The van der Waals surface area contributed by atoms with E-state index in [1.807, 2.05) is 0 Å². The molecular formula is C27H30N2O8. The third-order valence-electron chi connectivity index (χ3n) is 6.59. The summed E-state index contributed by atoms with van der Waals surface area (Å²) in [5, 5.41) is 23.5. The Morgan fingerprint density at radius 2 is 2.14 bits per heavy atom. The van der Waals surface area contributed by atoms with Crippen LogP contribution >= 0.6 is 0 Å². The molecule has 0 unspecified atom stereocenters. The number of hydrogen-bond donors (Lipinski definition) is 3. The van der Waals surface area contributed by atoms with Crippen LogP contribution in [-0.2, 0) is 16.1 Å². The molecule has 0 saturated heterocycles. The summed E-state index contributed by atoms with van der Waals surface area (Å²) in [7, 11) is 1.43. The number of aldehydes is 1. The molecule has 0 radical (unpaired) electrons. The lowest BCUT2D eigenvalue weighted by atomic mass is 9.77. The number of carbonyl (C=O) groups excluding carboxylic acids is 3. The number of benzene rings is 1. The summed E-state index contributed by atoms with van der Waals surface area (Å²) < 4.78 is 16.8. The zero-order valence-electron chi connectivity index (χ0n) is 20.5. The van der Waals surface area contributed by atoms with Crippen LogP contribution in [0.5, 0.6) is 11.5 Å². The van der Waals surface area contributed by atoms with Gasteiger partial charge in [-0.15, -0.1) is 6.58 Å². The first-order chi connectivity index (χ1) is 17.9. The van der Waals surface area contributed by atoms with Gasteiger partial charge in [0.25, 0.3) is 0 Å². The average molecular weight is 511 g/mol. The van der Waals surface area contributed by atoms with E-state index in [1.54, 1.807) is 24.3 Å². The van der Waals surface area contributed by atoms with Crippen molar-refractivity contribution < 1.29 is 38.5 Å². The van der Waals surface area contributed by atoms with Crippen molar-refractivity contribution >= 4 is 18.1 Å². The lowest BCUT2D eigenvalue weighted by molar-refractivity contribution is -0.138. The van der Waals surface area contributed by atoms with Gasteiger partial charge < -0.3 is 34.3 Å². The predicted molar refractivity (Wildman–Crippen MR) is 132 cm³/mol. The normalized spacial score (nSPS) is 21.6.